The normalized spacial score (nSPS) is 10.2. The number of hydrogen-bond donors (Lipinski definition) is 2. The molecule has 0 aliphatic heterocycles. The molecule has 0 bridgehead atoms. The van der Waals surface area contributed by atoms with E-state index in [0.717, 1.165) is 5.56 Å². The number of anilines is 2. The van der Waals surface area contributed by atoms with Gasteiger partial charge >= 0.3 is 5.97 Å². The van der Waals surface area contributed by atoms with Crippen LogP contribution in [-0.4, -0.2) is 24.4 Å². The van der Waals surface area contributed by atoms with Crippen molar-refractivity contribution in [2.45, 2.75) is 19.8 Å². The second-order valence-corrected chi connectivity index (χ2v) is 6.52. The number of aryl methyl sites for hydroxylation is 1. The first-order valence-corrected chi connectivity index (χ1v) is 8.87. The van der Waals surface area contributed by atoms with Crippen molar-refractivity contribution in [1.82, 2.24) is 0 Å². The Kier molecular flexibility index (Phi) is 7.64. The van der Waals surface area contributed by atoms with Gasteiger partial charge in [0.15, 0.2) is 6.61 Å². The summed E-state index contributed by atoms with van der Waals surface area (Å²) in [5.41, 5.74) is 1.86. The first-order valence-electron chi connectivity index (χ1n) is 8.11. The highest BCUT2D eigenvalue weighted by Crippen LogP contribution is 2.21. The summed E-state index contributed by atoms with van der Waals surface area (Å²) >= 11 is 11.9. The standard InChI is InChI=1S/C19H18Cl2N2O4/c1-12-6-7-13(10-15(12)21)22-18(25)11-27-19(26)9-8-17(24)23-16-5-3-2-4-14(16)20/h2-7,10H,8-9,11H2,1H3,(H,22,25)(H,23,24). The molecule has 0 heterocycles. The van der Waals surface area contributed by atoms with Gasteiger partial charge in [-0.05, 0) is 36.8 Å². The van der Waals surface area contributed by atoms with Gasteiger partial charge in [-0.15, -0.1) is 0 Å². The number of nitrogens with one attached hydrogen (secondary N) is 2. The van der Waals surface area contributed by atoms with Crippen LogP contribution in [0.5, 0.6) is 0 Å². The van der Waals surface area contributed by atoms with Crippen LogP contribution in [0.3, 0.4) is 0 Å². The Hall–Kier alpha value is -2.57. The third kappa shape index (κ3) is 6.92. The fourth-order valence-electron chi connectivity index (χ4n) is 2.08. The predicted molar refractivity (Wildman–Crippen MR) is 105 cm³/mol. The molecule has 0 aliphatic rings. The Bertz CT molecular complexity index is 855. The lowest BCUT2D eigenvalue weighted by Gasteiger charge is -2.08. The van der Waals surface area contributed by atoms with Crippen LogP contribution in [0.25, 0.3) is 0 Å². The highest BCUT2D eigenvalue weighted by atomic mass is 35.5. The van der Waals surface area contributed by atoms with E-state index in [1.54, 1.807) is 42.5 Å². The molecule has 0 atom stereocenters. The zero-order chi connectivity index (χ0) is 19.8. The van der Waals surface area contributed by atoms with Gasteiger partial charge in [-0.2, -0.15) is 0 Å². The molecule has 0 saturated heterocycles. The summed E-state index contributed by atoms with van der Waals surface area (Å²) in [5.74, 6) is -1.52. The lowest BCUT2D eigenvalue weighted by atomic mass is 10.2. The molecule has 0 saturated carbocycles. The van der Waals surface area contributed by atoms with Crippen molar-refractivity contribution in [1.29, 1.82) is 0 Å². The summed E-state index contributed by atoms with van der Waals surface area (Å²) < 4.78 is 4.86. The molecule has 0 radical (unpaired) electrons. The smallest absolute Gasteiger partial charge is 0.306 e. The Morgan fingerprint density at radius 1 is 0.926 bits per heavy atom. The molecule has 0 fully saturated rings. The highest BCUT2D eigenvalue weighted by Gasteiger charge is 2.12. The molecule has 0 spiro atoms. The van der Waals surface area contributed by atoms with Crippen molar-refractivity contribution in [2.75, 3.05) is 17.2 Å². The van der Waals surface area contributed by atoms with Crippen molar-refractivity contribution in [3.05, 3.63) is 58.1 Å². The van der Waals surface area contributed by atoms with Gasteiger partial charge in [0.1, 0.15) is 0 Å². The fraction of sp³-hybridized carbons (Fsp3) is 0.211. The van der Waals surface area contributed by atoms with Gasteiger partial charge in [0.05, 0.1) is 17.1 Å². The van der Waals surface area contributed by atoms with Crippen LogP contribution < -0.4 is 10.6 Å². The van der Waals surface area contributed by atoms with Crippen LogP contribution in [0, 0.1) is 6.92 Å². The van der Waals surface area contributed by atoms with Crippen LogP contribution in [-0.2, 0) is 19.1 Å². The lowest BCUT2D eigenvalue weighted by Crippen LogP contribution is -2.21. The van der Waals surface area contributed by atoms with E-state index in [4.69, 9.17) is 27.9 Å². The van der Waals surface area contributed by atoms with Crippen LogP contribution in [0.2, 0.25) is 10.0 Å². The number of esters is 1. The van der Waals surface area contributed by atoms with Crippen molar-refractivity contribution in [3.8, 4) is 0 Å². The van der Waals surface area contributed by atoms with Gasteiger partial charge in [-0.1, -0.05) is 41.4 Å². The van der Waals surface area contributed by atoms with E-state index in [-0.39, 0.29) is 18.7 Å². The first-order chi connectivity index (χ1) is 12.8. The fourth-order valence-corrected chi connectivity index (χ4v) is 2.44. The maximum Gasteiger partial charge on any atom is 0.306 e. The zero-order valence-electron chi connectivity index (χ0n) is 14.6. The molecule has 2 N–H and O–H groups in total. The number of benzene rings is 2. The molecule has 0 aromatic heterocycles. The average molecular weight is 409 g/mol. The van der Waals surface area contributed by atoms with E-state index in [2.05, 4.69) is 10.6 Å². The predicted octanol–water partition coefficient (Wildman–Crippen LogP) is 4.20. The van der Waals surface area contributed by atoms with E-state index in [1.807, 2.05) is 6.92 Å². The van der Waals surface area contributed by atoms with Gasteiger partial charge in [-0.25, -0.2) is 0 Å². The zero-order valence-corrected chi connectivity index (χ0v) is 16.1. The van der Waals surface area contributed by atoms with Crippen LogP contribution in [0.4, 0.5) is 11.4 Å². The van der Waals surface area contributed by atoms with Crippen molar-refractivity contribution in [2.24, 2.45) is 0 Å². The average Bonchev–Trinajstić information content (AvgIpc) is 2.63. The largest absolute Gasteiger partial charge is 0.456 e. The Morgan fingerprint density at radius 2 is 1.67 bits per heavy atom. The summed E-state index contributed by atoms with van der Waals surface area (Å²) in [4.78, 5) is 35.3. The van der Waals surface area contributed by atoms with Gasteiger partial charge in [0.2, 0.25) is 5.91 Å². The van der Waals surface area contributed by atoms with Crippen LogP contribution >= 0.6 is 23.2 Å². The van der Waals surface area contributed by atoms with Crippen molar-refractivity contribution >= 4 is 52.4 Å². The molecule has 2 aromatic rings. The minimum atomic E-state index is -0.651. The van der Waals surface area contributed by atoms with E-state index in [1.165, 1.54) is 0 Å². The third-order valence-corrected chi connectivity index (χ3v) is 4.26. The second kappa shape index (κ2) is 9.94. The van der Waals surface area contributed by atoms with Gasteiger partial charge < -0.3 is 15.4 Å². The van der Waals surface area contributed by atoms with Crippen molar-refractivity contribution in [3.63, 3.8) is 0 Å². The summed E-state index contributed by atoms with van der Waals surface area (Å²) in [6.45, 7) is 1.40. The van der Waals surface area contributed by atoms with Gasteiger partial charge in [0.25, 0.3) is 5.91 Å². The van der Waals surface area contributed by atoms with Gasteiger partial charge in [-0.3, -0.25) is 14.4 Å². The molecule has 2 aromatic carbocycles. The van der Waals surface area contributed by atoms with E-state index >= 15 is 0 Å². The molecule has 0 unspecified atom stereocenters. The minimum absolute atomic E-state index is 0.0841. The Labute approximate surface area is 166 Å². The van der Waals surface area contributed by atoms with E-state index in [0.29, 0.717) is 21.4 Å². The molecule has 142 valence electrons. The topological polar surface area (TPSA) is 84.5 Å². The molecular weight excluding hydrogens is 391 g/mol. The molecule has 0 aliphatic carbocycles. The second-order valence-electron chi connectivity index (χ2n) is 5.70. The van der Waals surface area contributed by atoms with Gasteiger partial charge in [0, 0.05) is 17.1 Å². The first kappa shape index (κ1) is 20.7. The molecular formula is C19H18Cl2N2O4. The summed E-state index contributed by atoms with van der Waals surface area (Å²) in [5, 5.41) is 6.10. The third-order valence-electron chi connectivity index (χ3n) is 3.52. The van der Waals surface area contributed by atoms with Crippen LogP contribution in [0.15, 0.2) is 42.5 Å². The minimum Gasteiger partial charge on any atom is -0.456 e. The molecule has 27 heavy (non-hydrogen) atoms. The number of carbonyl (C=O) groups excluding carboxylic acids is 3. The molecule has 2 rings (SSSR count). The highest BCUT2D eigenvalue weighted by molar-refractivity contribution is 6.33. The van der Waals surface area contributed by atoms with Crippen molar-refractivity contribution < 1.29 is 19.1 Å². The molecule has 6 nitrogen and oxygen atoms in total. The quantitative estimate of drug-likeness (QED) is 0.672. The van der Waals surface area contributed by atoms with E-state index < -0.39 is 18.5 Å². The van der Waals surface area contributed by atoms with E-state index in [9.17, 15) is 14.4 Å². The lowest BCUT2D eigenvalue weighted by molar-refractivity contribution is -0.147. The van der Waals surface area contributed by atoms with Crippen LogP contribution in [0.1, 0.15) is 18.4 Å². The summed E-state index contributed by atoms with van der Waals surface area (Å²) in [6.07, 6.45) is -0.237. The number of carbonyl (C=O) groups is 3. The number of para-hydroxylation sites is 1. The number of halogens is 2. The molecule has 2 amide bonds. The summed E-state index contributed by atoms with van der Waals surface area (Å²) in [7, 11) is 0. The molecule has 8 heteroatoms. The SMILES string of the molecule is Cc1ccc(NC(=O)COC(=O)CCC(=O)Nc2ccccc2Cl)cc1Cl. The number of ether oxygens (including phenoxy) is 1. The summed E-state index contributed by atoms with van der Waals surface area (Å²) in [6, 6.07) is 11.8. The monoisotopic (exact) mass is 408 g/mol. The number of rotatable bonds is 7. The number of amides is 2. The Morgan fingerprint density at radius 3 is 2.37 bits per heavy atom. The maximum atomic E-state index is 11.8. The number of hydrogen-bond acceptors (Lipinski definition) is 4. The maximum absolute atomic E-state index is 11.8. The Balaban J connectivity index is 1.70.